The van der Waals surface area contributed by atoms with Gasteiger partial charge in [0.05, 0.1) is 0 Å². The van der Waals surface area contributed by atoms with Crippen molar-refractivity contribution in [2.24, 2.45) is 0 Å². The summed E-state index contributed by atoms with van der Waals surface area (Å²) in [6.45, 7) is 0. The standard InChI is InChI=1S/C16H10NO.BrH/c1-2-6-12-11(5-1)9-10-15-16(12)17-13-7-3-4-8-14(13)18-15;/h1-10H;1H/q+1;/p-1. The summed E-state index contributed by atoms with van der Waals surface area (Å²) in [7, 11) is 0. The van der Waals surface area contributed by atoms with E-state index in [1.165, 1.54) is 5.39 Å². The van der Waals surface area contributed by atoms with Crippen molar-refractivity contribution in [2.45, 2.75) is 0 Å². The van der Waals surface area contributed by atoms with Crippen LogP contribution in [0, 0.1) is 0 Å². The van der Waals surface area contributed by atoms with E-state index in [2.05, 4.69) is 18.2 Å². The maximum Gasteiger partial charge on any atom is 0.379 e. The molecule has 3 aromatic carbocycles. The summed E-state index contributed by atoms with van der Waals surface area (Å²) in [6.07, 6.45) is 0. The minimum absolute atomic E-state index is 0. The zero-order chi connectivity index (χ0) is 11.9. The lowest BCUT2D eigenvalue weighted by atomic mass is 10.1. The Balaban J connectivity index is 0.00000110. The van der Waals surface area contributed by atoms with Crippen LogP contribution in [0.3, 0.4) is 0 Å². The van der Waals surface area contributed by atoms with Crippen molar-refractivity contribution in [2.75, 3.05) is 0 Å². The van der Waals surface area contributed by atoms with Crippen molar-refractivity contribution in [1.82, 2.24) is 4.98 Å². The molecule has 0 amide bonds. The van der Waals surface area contributed by atoms with Gasteiger partial charge in [0.1, 0.15) is 0 Å². The molecule has 0 bridgehead atoms. The van der Waals surface area contributed by atoms with Crippen molar-refractivity contribution < 1.29 is 21.4 Å². The zero-order valence-corrected chi connectivity index (χ0v) is 11.6. The molecule has 1 aromatic heterocycles. The molecule has 4 rings (SSSR count). The molecule has 92 valence electrons. The van der Waals surface area contributed by atoms with Gasteiger partial charge in [0.25, 0.3) is 0 Å². The van der Waals surface area contributed by atoms with Gasteiger partial charge >= 0.3 is 11.2 Å². The summed E-state index contributed by atoms with van der Waals surface area (Å²) in [5.41, 5.74) is 3.46. The zero-order valence-electron chi connectivity index (χ0n) is 10.0. The van der Waals surface area contributed by atoms with Crippen molar-refractivity contribution in [1.29, 1.82) is 0 Å². The van der Waals surface area contributed by atoms with Crippen LogP contribution in [0.2, 0.25) is 0 Å². The van der Waals surface area contributed by atoms with Crippen molar-refractivity contribution >= 4 is 33.0 Å². The molecule has 2 nitrogen and oxygen atoms in total. The predicted octanol–water partition coefficient (Wildman–Crippen LogP) is 1.42. The Morgan fingerprint density at radius 3 is 2.47 bits per heavy atom. The maximum absolute atomic E-state index is 5.89. The quantitative estimate of drug-likeness (QED) is 0.279. The molecule has 4 aromatic rings. The van der Waals surface area contributed by atoms with E-state index in [4.69, 9.17) is 9.40 Å². The monoisotopic (exact) mass is 311 g/mol. The van der Waals surface area contributed by atoms with Gasteiger partial charge in [0.15, 0.2) is 11.0 Å². The summed E-state index contributed by atoms with van der Waals surface area (Å²) < 4.78 is 5.89. The largest absolute Gasteiger partial charge is 1.00 e. The Labute approximate surface area is 120 Å². The van der Waals surface area contributed by atoms with E-state index in [-0.39, 0.29) is 17.0 Å². The SMILES string of the molecule is [Br-].c1ccc2c(c1)ccc1[o+]c3ccccc3nc12. The summed E-state index contributed by atoms with van der Waals surface area (Å²) in [6, 6.07) is 20.1. The molecule has 0 saturated heterocycles. The summed E-state index contributed by atoms with van der Waals surface area (Å²) in [5, 5.41) is 2.31. The number of hydrogen-bond donors (Lipinski definition) is 0. The molecule has 1 heterocycles. The average molecular weight is 312 g/mol. The highest BCUT2D eigenvalue weighted by atomic mass is 79.9. The van der Waals surface area contributed by atoms with Gasteiger partial charge in [-0.2, -0.15) is 0 Å². The molecule has 0 aliphatic rings. The van der Waals surface area contributed by atoms with E-state index in [1.807, 2.05) is 42.5 Å². The molecule has 0 saturated carbocycles. The van der Waals surface area contributed by atoms with Crippen LogP contribution in [0.5, 0.6) is 0 Å². The van der Waals surface area contributed by atoms with Crippen LogP contribution in [0.4, 0.5) is 0 Å². The summed E-state index contributed by atoms with van der Waals surface area (Å²) in [5.74, 6) is 0. The van der Waals surface area contributed by atoms with Gasteiger partial charge in [-0.15, -0.1) is 0 Å². The molecular weight excluding hydrogens is 302 g/mol. The third-order valence-electron chi connectivity index (χ3n) is 3.18. The Kier molecular flexibility index (Phi) is 2.91. The molecule has 0 fully saturated rings. The van der Waals surface area contributed by atoms with E-state index in [1.54, 1.807) is 0 Å². The lowest BCUT2D eigenvalue weighted by Gasteiger charge is -1.97. The first-order valence-corrected chi connectivity index (χ1v) is 5.92. The Morgan fingerprint density at radius 1 is 0.737 bits per heavy atom. The minimum atomic E-state index is 0. The Hall–Kier alpha value is -2.00. The highest BCUT2D eigenvalue weighted by Gasteiger charge is 2.14. The third kappa shape index (κ3) is 1.87. The van der Waals surface area contributed by atoms with Crippen LogP contribution in [0.15, 0.2) is 65.1 Å². The molecule has 0 radical (unpaired) electrons. The number of fused-ring (bicyclic) bond motifs is 4. The highest BCUT2D eigenvalue weighted by Crippen LogP contribution is 2.26. The van der Waals surface area contributed by atoms with Crippen molar-refractivity contribution in [3.63, 3.8) is 0 Å². The number of hydrogen-bond acceptors (Lipinski definition) is 1. The van der Waals surface area contributed by atoms with E-state index < -0.39 is 0 Å². The van der Waals surface area contributed by atoms with Gasteiger partial charge < -0.3 is 17.0 Å². The molecule has 0 aliphatic carbocycles. The minimum Gasteiger partial charge on any atom is -1.00 e. The Bertz CT molecular complexity index is 883. The second kappa shape index (κ2) is 4.59. The number of para-hydroxylation sites is 2. The number of benzene rings is 3. The average Bonchev–Trinajstić information content (AvgIpc) is 2.45. The van der Waals surface area contributed by atoms with Crippen LogP contribution in [0.1, 0.15) is 0 Å². The van der Waals surface area contributed by atoms with E-state index in [0.29, 0.717) is 0 Å². The topological polar surface area (TPSA) is 24.2 Å². The molecule has 0 spiro atoms. The van der Waals surface area contributed by atoms with Gasteiger partial charge in [-0.25, -0.2) is 9.40 Å². The van der Waals surface area contributed by atoms with E-state index in [0.717, 1.165) is 27.6 Å². The number of rotatable bonds is 0. The molecule has 0 N–H and O–H groups in total. The number of nitrogens with zero attached hydrogens (tertiary/aromatic N) is 1. The lowest BCUT2D eigenvalue weighted by Crippen LogP contribution is -3.00. The van der Waals surface area contributed by atoms with Crippen LogP contribution in [0.25, 0.3) is 33.0 Å². The summed E-state index contributed by atoms with van der Waals surface area (Å²) >= 11 is 0. The van der Waals surface area contributed by atoms with Crippen molar-refractivity contribution in [3.05, 3.63) is 60.7 Å². The first-order valence-electron chi connectivity index (χ1n) is 5.92. The smallest absolute Gasteiger partial charge is 0.379 e. The fraction of sp³-hybridized carbons (Fsp3) is 0. The van der Waals surface area contributed by atoms with Crippen LogP contribution < -0.4 is 17.0 Å². The fourth-order valence-corrected chi connectivity index (χ4v) is 2.31. The first-order chi connectivity index (χ1) is 8.92. The molecule has 19 heavy (non-hydrogen) atoms. The lowest BCUT2D eigenvalue weighted by molar-refractivity contribution is -0.00000394. The maximum atomic E-state index is 5.89. The van der Waals surface area contributed by atoms with Gasteiger partial charge in [-0.1, -0.05) is 36.4 Å². The summed E-state index contributed by atoms with van der Waals surface area (Å²) in [4.78, 5) is 4.71. The van der Waals surface area contributed by atoms with E-state index in [9.17, 15) is 0 Å². The molecule has 0 atom stereocenters. The predicted molar refractivity (Wildman–Crippen MR) is 73.4 cm³/mol. The number of aromatic nitrogens is 1. The van der Waals surface area contributed by atoms with E-state index >= 15 is 0 Å². The first kappa shape index (κ1) is 12.1. The van der Waals surface area contributed by atoms with Gasteiger partial charge in [0, 0.05) is 17.5 Å². The Morgan fingerprint density at radius 2 is 1.53 bits per heavy atom. The van der Waals surface area contributed by atoms with Crippen molar-refractivity contribution in [3.8, 4) is 0 Å². The molecule has 3 heteroatoms. The fourth-order valence-electron chi connectivity index (χ4n) is 2.31. The number of halogens is 1. The normalized spacial score (nSPS) is 10.7. The third-order valence-corrected chi connectivity index (χ3v) is 3.18. The van der Waals surface area contributed by atoms with Gasteiger partial charge in [-0.3, -0.25) is 0 Å². The second-order valence-corrected chi connectivity index (χ2v) is 4.32. The molecule has 0 unspecified atom stereocenters. The second-order valence-electron chi connectivity index (χ2n) is 4.32. The van der Waals surface area contributed by atoms with Crippen LogP contribution in [-0.2, 0) is 0 Å². The van der Waals surface area contributed by atoms with Crippen LogP contribution in [-0.4, -0.2) is 4.98 Å². The highest BCUT2D eigenvalue weighted by molar-refractivity contribution is 6.04. The van der Waals surface area contributed by atoms with Crippen LogP contribution >= 0.6 is 0 Å². The molecular formula is C16H10BrNO. The molecule has 0 aliphatic heterocycles. The van der Waals surface area contributed by atoms with Gasteiger partial charge in [0.2, 0.25) is 0 Å². The van der Waals surface area contributed by atoms with Gasteiger partial charge in [-0.05, 0) is 17.5 Å².